The number of carbonyl (C=O) groups is 1. The molecule has 1 aromatic carbocycles. The van der Waals surface area contributed by atoms with Gasteiger partial charge in [0.25, 0.3) is 0 Å². The molecule has 3 rings (SSSR count). The van der Waals surface area contributed by atoms with E-state index in [1.54, 1.807) is 6.92 Å². The third-order valence-electron chi connectivity index (χ3n) is 4.63. The van der Waals surface area contributed by atoms with Gasteiger partial charge in [0.05, 0.1) is 17.1 Å². The molecule has 124 valence electrons. The minimum Gasteiger partial charge on any atom is -0.462 e. The number of carbonyl (C=O) groups excluding carboxylic acids is 1. The van der Waals surface area contributed by atoms with Crippen LogP contribution >= 0.6 is 0 Å². The van der Waals surface area contributed by atoms with Crippen LogP contribution in [0, 0.1) is 17.8 Å². The highest BCUT2D eigenvalue weighted by molar-refractivity contribution is 7.89. The Morgan fingerprint density at radius 2 is 1.96 bits per heavy atom. The van der Waals surface area contributed by atoms with Crippen molar-refractivity contribution in [1.82, 2.24) is 4.72 Å². The van der Waals surface area contributed by atoms with Crippen molar-refractivity contribution in [2.75, 3.05) is 13.2 Å². The van der Waals surface area contributed by atoms with E-state index >= 15 is 0 Å². The van der Waals surface area contributed by atoms with Crippen LogP contribution in [0.15, 0.2) is 41.3 Å². The van der Waals surface area contributed by atoms with Crippen molar-refractivity contribution >= 4 is 16.0 Å². The minimum absolute atomic E-state index is 0.171. The molecule has 2 bridgehead atoms. The molecular weight excluding hydrogens is 314 g/mol. The fourth-order valence-electron chi connectivity index (χ4n) is 3.41. The number of sulfonamides is 1. The molecule has 0 aliphatic heterocycles. The van der Waals surface area contributed by atoms with Crippen molar-refractivity contribution in [3.05, 3.63) is 42.0 Å². The predicted molar refractivity (Wildman–Crippen MR) is 86.4 cm³/mol. The lowest BCUT2D eigenvalue weighted by atomic mass is 9.94. The normalized spacial score (nSPS) is 25.7. The lowest BCUT2D eigenvalue weighted by Crippen LogP contribution is -2.31. The van der Waals surface area contributed by atoms with Gasteiger partial charge in [0.2, 0.25) is 10.0 Å². The van der Waals surface area contributed by atoms with E-state index in [4.69, 9.17) is 4.74 Å². The van der Waals surface area contributed by atoms with Crippen LogP contribution in [-0.4, -0.2) is 27.5 Å². The lowest BCUT2D eigenvalue weighted by Gasteiger charge is -2.18. The van der Waals surface area contributed by atoms with Gasteiger partial charge in [-0.2, -0.15) is 0 Å². The Balaban J connectivity index is 1.63. The zero-order valence-corrected chi connectivity index (χ0v) is 13.9. The molecule has 2 aliphatic rings. The summed E-state index contributed by atoms with van der Waals surface area (Å²) in [6, 6.07) is 5.84. The quantitative estimate of drug-likeness (QED) is 0.640. The lowest BCUT2D eigenvalue weighted by molar-refractivity contribution is 0.0526. The maximum atomic E-state index is 12.4. The number of nitrogens with one attached hydrogen (secondary N) is 1. The number of benzene rings is 1. The van der Waals surface area contributed by atoms with Crippen LogP contribution in [0.2, 0.25) is 0 Å². The number of hydrogen-bond donors (Lipinski definition) is 1. The Labute approximate surface area is 136 Å². The maximum Gasteiger partial charge on any atom is 0.338 e. The molecule has 0 heterocycles. The van der Waals surface area contributed by atoms with E-state index in [1.807, 2.05) is 0 Å². The van der Waals surface area contributed by atoms with Gasteiger partial charge in [-0.3, -0.25) is 0 Å². The van der Waals surface area contributed by atoms with E-state index in [-0.39, 0.29) is 4.90 Å². The molecule has 5 nitrogen and oxygen atoms in total. The molecule has 2 aliphatic carbocycles. The molecule has 1 fully saturated rings. The number of hydrogen-bond acceptors (Lipinski definition) is 4. The first kappa shape index (κ1) is 16.2. The van der Waals surface area contributed by atoms with Crippen molar-refractivity contribution in [2.45, 2.75) is 24.7 Å². The van der Waals surface area contributed by atoms with Gasteiger partial charge in [-0.05, 0) is 61.8 Å². The molecule has 0 saturated heterocycles. The number of rotatable bonds is 6. The van der Waals surface area contributed by atoms with E-state index in [2.05, 4.69) is 16.9 Å². The second-order valence-corrected chi connectivity index (χ2v) is 7.90. The van der Waals surface area contributed by atoms with Crippen molar-refractivity contribution in [2.24, 2.45) is 17.8 Å². The number of esters is 1. The zero-order chi connectivity index (χ0) is 16.4. The second-order valence-electron chi connectivity index (χ2n) is 6.14. The largest absolute Gasteiger partial charge is 0.462 e. The second kappa shape index (κ2) is 6.45. The third-order valence-corrected chi connectivity index (χ3v) is 6.07. The van der Waals surface area contributed by atoms with Gasteiger partial charge in [0.15, 0.2) is 0 Å². The first-order chi connectivity index (χ1) is 11.0. The highest BCUT2D eigenvalue weighted by Crippen LogP contribution is 2.43. The highest BCUT2D eigenvalue weighted by atomic mass is 32.2. The average Bonchev–Trinajstić information content (AvgIpc) is 3.16. The Morgan fingerprint density at radius 1 is 1.22 bits per heavy atom. The van der Waals surface area contributed by atoms with Crippen LogP contribution in [0.1, 0.15) is 30.1 Å². The van der Waals surface area contributed by atoms with Gasteiger partial charge in [-0.25, -0.2) is 17.9 Å². The smallest absolute Gasteiger partial charge is 0.338 e. The van der Waals surface area contributed by atoms with Crippen LogP contribution in [0.3, 0.4) is 0 Å². The first-order valence-electron chi connectivity index (χ1n) is 7.95. The summed E-state index contributed by atoms with van der Waals surface area (Å²) in [4.78, 5) is 11.8. The summed E-state index contributed by atoms with van der Waals surface area (Å²) >= 11 is 0. The van der Waals surface area contributed by atoms with E-state index < -0.39 is 16.0 Å². The van der Waals surface area contributed by atoms with Crippen molar-refractivity contribution in [1.29, 1.82) is 0 Å². The molecule has 0 aromatic heterocycles. The maximum absolute atomic E-state index is 12.4. The van der Waals surface area contributed by atoms with Crippen molar-refractivity contribution in [3.8, 4) is 0 Å². The number of ether oxygens (including phenoxy) is 1. The van der Waals surface area contributed by atoms with Crippen molar-refractivity contribution in [3.63, 3.8) is 0 Å². The molecular formula is C17H21NO4S. The van der Waals surface area contributed by atoms with Gasteiger partial charge in [-0.15, -0.1) is 0 Å². The fourth-order valence-corrected chi connectivity index (χ4v) is 4.51. The first-order valence-corrected chi connectivity index (χ1v) is 9.43. The molecule has 23 heavy (non-hydrogen) atoms. The van der Waals surface area contributed by atoms with Crippen LogP contribution in [-0.2, 0) is 14.8 Å². The monoisotopic (exact) mass is 335 g/mol. The Morgan fingerprint density at radius 3 is 2.52 bits per heavy atom. The Kier molecular flexibility index (Phi) is 4.55. The molecule has 0 amide bonds. The summed E-state index contributed by atoms with van der Waals surface area (Å²) in [5.74, 6) is 1.07. The Hall–Kier alpha value is -1.66. The van der Waals surface area contributed by atoms with E-state index in [0.29, 0.717) is 36.5 Å². The van der Waals surface area contributed by atoms with E-state index in [1.165, 1.54) is 24.3 Å². The number of fused-ring (bicyclic) bond motifs is 2. The van der Waals surface area contributed by atoms with Gasteiger partial charge < -0.3 is 4.74 Å². The van der Waals surface area contributed by atoms with Gasteiger partial charge in [-0.1, -0.05) is 12.2 Å². The van der Waals surface area contributed by atoms with E-state index in [9.17, 15) is 13.2 Å². The molecule has 1 saturated carbocycles. The minimum atomic E-state index is -3.55. The van der Waals surface area contributed by atoms with E-state index in [0.717, 1.165) is 12.8 Å². The molecule has 0 radical (unpaired) electrons. The molecule has 1 aromatic rings. The summed E-state index contributed by atoms with van der Waals surface area (Å²) in [6.45, 7) is 2.48. The summed E-state index contributed by atoms with van der Waals surface area (Å²) in [5, 5.41) is 0. The summed E-state index contributed by atoms with van der Waals surface area (Å²) < 4.78 is 32.3. The van der Waals surface area contributed by atoms with Gasteiger partial charge >= 0.3 is 5.97 Å². The highest BCUT2D eigenvalue weighted by Gasteiger charge is 2.35. The summed E-state index contributed by atoms with van der Waals surface area (Å²) in [5.41, 5.74) is 0.351. The van der Waals surface area contributed by atoms with Crippen LogP contribution in [0.4, 0.5) is 0 Å². The standard InChI is InChI=1S/C17H21NO4S/c1-2-22-17(19)13-5-7-16(8-6-13)23(20,21)18-11-15-10-12-3-4-14(15)9-12/h3-8,12,14-15,18H,2,9-11H2,1H3/t12-,14+,15-/m1/s1. The molecule has 0 spiro atoms. The molecule has 3 atom stereocenters. The zero-order valence-electron chi connectivity index (χ0n) is 13.1. The van der Waals surface area contributed by atoms with Crippen LogP contribution in [0.25, 0.3) is 0 Å². The molecule has 6 heteroatoms. The predicted octanol–water partition coefficient (Wildman–Crippen LogP) is 2.35. The number of allylic oxidation sites excluding steroid dienone is 2. The third kappa shape index (κ3) is 3.48. The van der Waals surface area contributed by atoms with Gasteiger partial charge in [0.1, 0.15) is 0 Å². The SMILES string of the molecule is CCOC(=O)c1ccc(S(=O)(=O)NC[C@H]2C[C@@H]3C=C[C@H]2C3)cc1. The van der Waals surface area contributed by atoms with Crippen molar-refractivity contribution < 1.29 is 17.9 Å². The average molecular weight is 335 g/mol. The fraction of sp³-hybridized carbons (Fsp3) is 0.471. The Bertz CT molecular complexity index is 709. The molecule has 1 N–H and O–H groups in total. The van der Waals surface area contributed by atoms with Crippen LogP contribution < -0.4 is 4.72 Å². The van der Waals surface area contributed by atoms with Gasteiger partial charge in [0, 0.05) is 6.54 Å². The molecule has 0 unspecified atom stereocenters. The topological polar surface area (TPSA) is 72.5 Å². The summed E-state index contributed by atoms with van der Waals surface area (Å²) in [6.07, 6.45) is 6.66. The summed E-state index contributed by atoms with van der Waals surface area (Å²) in [7, 11) is -3.55. The van der Waals surface area contributed by atoms with Crippen LogP contribution in [0.5, 0.6) is 0 Å².